The van der Waals surface area contributed by atoms with Gasteiger partial charge in [-0.25, -0.2) is 4.98 Å². The molecule has 0 saturated carbocycles. The van der Waals surface area contributed by atoms with E-state index < -0.39 is 0 Å². The number of hydrogen-bond donors (Lipinski definition) is 0. The molecule has 0 bridgehead atoms. The summed E-state index contributed by atoms with van der Waals surface area (Å²) in [7, 11) is 0. The molecule has 0 amide bonds. The molecule has 0 aliphatic carbocycles. The van der Waals surface area contributed by atoms with E-state index in [1.807, 2.05) is 0 Å². The molecule has 3 heteroatoms. The van der Waals surface area contributed by atoms with Crippen LogP contribution in [0.1, 0.15) is 59.9 Å². The quantitative estimate of drug-likeness (QED) is 0.696. The normalized spacial score (nSPS) is 11.2. The second-order valence-electron chi connectivity index (χ2n) is 3.73. The van der Waals surface area contributed by atoms with Crippen LogP contribution in [0.3, 0.4) is 0 Å². The minimum atomic E-state index is 0.405. The third-order valence-electron chi connectivity index (χ3n) is 1.87. The number of nitrogens with zero attached hydrogens (tertiary/aromatic N) is 1. The smallest absolute Gasteiger partial charge is 0.178 e. The summed E-state index contributed by atoms with van der Waals surface area (Å²) in [4.78, 5) is 16.1. The van der Waals surface area contributed by atoms with Gasteiger partial charge in [0.05, 0.1) is 5.69 Å². The molecule has 0 fully saturated rings. The zero-order chi connectivity index (χ0) is 10.0. The highest BCUT2D eigenvalue weighted by molar-refractivity contribution is 7.13. The molecule has 0 atom stereocenters. The predicted molar refractivity (Wildman–Crippen MR) is 55.7 cm³/mol. The van der Waals surface area contributed by atoms with Crippen molar-refractivity contribution in [1.29, 1.82) is 0 Å². The number of aromatic nitrogens is 1. The Hall–Kier alpha value is -0.700. The van der Waals surface area contributed by atoms with E-state index in [0.717, 1.165) is 12.0 Å². The summed E-state index contributed by atoms with van der Waals surface area (Å²) >= 11 is 1.52. The lowest BCUT2D eigenvalue weighted by Crippen LogP contribution is -1.95. The van der Waals surface area contributed by atoms with Crippen LogP contribution < -0.4 is 0 Å². The molecule has 0 radical (unpaired) electrons. The molecular formula is C10H15NOS. The second-order valence-corrected chi connectivity index (χ2v) is 4.79. The van der Waals surface area contributed by atoms with E-state index in [9.17, 15) is 4.79 Å². The Kier molecular flexibility index (Phi) is 3.20. The molecule has 2 nitrogen and oxygen atoms in total. The molecule has 0 N–H and O–H groups in total. The molecule has 72 valence electrons. The van der Waals surface area contributed by atoms with Crippen molar-refractivity contribution < 1.29 is 4.79 Å². The van der Waals surface area contributed by atoms with Crippen LogP contribution in [-0.4, -0.2) is 11.3 Å². The van der Waals surface area contributed by atoms with Crippen LogP contribution in [0.2, 0.25) is 0 Å². The zero-order valence-corrected chi connectivity index (χ0v) is 9.31. The van der Waals surface area contributed by atoms with E-state index in [4.69, 9.17) is 0 Å². The lowest BCUT2D eigenvalue weighted by molar-refractivity contribution is 0.112. The molecule has 1 aromatic heterocycles. The highest BCUT2D eigenvalue weighted by atomic mass is 32.1. The summed E-state index contributed by atoms with van der Waals surface area (Å²) in [5.74, 6) is 0.867. The van der Waals surface area contributed by atoms with Crippen LogP contribution in [0, 0.1) is 0 Å². The van der Waals surface area contributed by atoms with Gasteiger partial charge in [0.25, 0.3) is 0 Å². The largest absolute Gasteiger partial charge is 0.295 e. The molecule has 1 rings (SSSR count). The van der Waals surface area contributed by atoms with Crippen molar-refractivity contribution in [2.45, 2.75) is 39.5 Å². The number of thiazole rings is 1. The van der Waals surface area contributed by atoms with Crippen LogP contribution in [0.25, 0.3) is 0 Å². The average molecular weight is 197 g/mol. The summed E-state index contributed by atoms with van der Waals surface area (Å²) in [6.07, 6.45) is 0.836. The highest BCUT2D eigenvalue weighted by Crippen LogP contribution is 2.30. The molecular weight excluding hydrogens is 182 g/mol. The van der Waals surface area contributed by atoms with E-state index in [1.165, 1.54) is 16.2 Å². The molecule has 1 heterocycles. The maximum absolute atomic E-state index is 10.6. The van der Waals surface area contributed by atoms with Crippen molar-refractivity contribution in [3.05, 3.63) is 15.6 Å². The van der Waals surface area contributed by atoms with Gasteiger partial charge in [-0.15, -0.1) is 11.3 Å². The summed E-state index contributed by atoms with van der Waals surface area (Å²) < 4.78 is 0. The van der Waals surface area contributed by atoms with Crippen LogP contribution in [-0.2, 0) is 0 Å². The number of rotatable bonds is 3. The minimum absolute atomic E-state index is 0.405. The average Bonchev–Trinajstić information content (AvgIpc) is 2.47. The Morgan fingerprint density at radius 2 is 1.85 bits per heavy atom. The van der Waals surface area contributed by atoms with E-state index in [1.54, 1.807) is 0 Å². The fourth-order valence-electron chi connectivity index (χ4n) is 1.24. The van der Waals surface area contributed by atoms with E-state index >= 15 is 0 Å². The third-order valence-corrected chi connectivity index (χ3v) is 3.17. The Morgan fingerprint density at radius 1 is 1.23 bits per heavy atom. The van der Waals surface area contributed by atoms with E-state index in [2.05, 4.69) is 32.7 Å². The van der Waals surface area contributed by atoms with Gasteiger partial charge in [0.1, 0.15) is 0 Å². The molecule has 0 spiro atoms. The van der Waals surface area contributed by atoms with Crippen LogP contribution >= 0.6 is 11.3 Å². The lowest BCUT2D eigenvalue weighted by atomic mass is 10.0. The van der Waals surface area contributed by atoms with Gasteiger partial charge >= 0.3 is 0 Å². The van der Waals surface area contributed by atoms with E-state index in [0.29, 0.717) is 16.8 Å². The molecule has 0 saturated heterocycles. The van der Waals surface area contributed by atoms with Gasteiger partial charge < -0.3 is 0 Å². The summed E-state index contributed by atoms with van der Waals surface area (Å²) in [6, 6.07) is 0. The van der Waals surface area contributed by atoms with Gasteiger partial charge in [0.15, 0.2) is 11.3 Å². The van der Waals surface area contributed by atoms with Gasteiger partial charge in [0, 0.05) is 4.88 Å². The van der Waals surface area contributed by atoms with Gasteiger partial charge in [-0.2, -0.15) is 0 Å². The van der Waals surface area contributed by atoms with Crippen molar-refractivity contribution in [3.8, 4) is 0 Å². The molecule has 0 aliphatic heterocycles. The van der Waals surface area contributed by atoms with Gasteiger partial charge in [-0.05, 0) is 11.8 Å². The fraction of sp³-hybridized carbons (Fsp3) is 0.600. The fourth-order valence-corrected chi connectivity index (χ4v) is 2.28. The van der Waals surface area contributed by atoms with Crippen molar-refractivity contribution in [2.75, 3.05) is 0 Å². The van der Waals surface area contributed by atoms with Crippen LogP contribution in [0.4, 0.5) is 0 Å². The van der Waals surface area contributed by atoms with Gasteiger partial charge in [-0.3, -0.25) is 4.79 Å². The number of aldehydes is 1. The monoisotopic (exact) mass is 197 g/mol. The SMILES string of the molecule is CC(C)c1nc(C=O)sc1C(C)C. The lowest BCUT2D eigenvalue weighted by Gasteiger charge is -2.06. The molecule has 1 aromatic rings. The first-order valence-corrected chi connectivity index (χ1v) is 5.33. The zero-order valence-electron chi connectivity index (χ0n) is 8.50. The summed E-state index contributed by atoms with van der Waals surface area (Å²) in [5.41, 5.74) is 1.09. The van der Waals surface area contributed by atoms with Crippen LogP contribution in [0.15, 0.2) is 0 Å². The van der Waals surface area contributed by atoms with Gasteiger partial charge in [0.2, 0.25) is 0 Å². The molecule has 0 unspecified atom stereocenters. The minimum Gasteiger partial charge on any atom is -0.295 e. The standard InChI is InChI=1S/C10H15NOS/c1-6(2)9-10(7(3)4)13-8(5-12)11-9/h5-7H,1-4H3. The molecule has 0 aromatic carbocycles. The van der Waals surface area contributed by atoms with Crippen molar-refractivity contribution in [1.82, 2.24) is 4.98 Å². The maximum Gasteiger partial charge on any atom is 0.178 e. The van der Waals surface area contributed by atoms with Crippen LogP contribution in [0.5, 0.6) is 0 Å². The number of hydrogen-bond acceptors (Lipinski definition) is 3. The topological polar surface area (TPSA) is 30.0 Å². The first kappa shape index (κ1) is 10.4. The number of carbonyl (C=O) groups is 1. The number of carbonyl (C=O) groups excluding carboxylic acids is 1. The van der Waals surface area contributed by atoms with Crippen molar-refractivity contribution in [3.63, 3.8) is 0 Å². The third kappa shape index (κ3) is 2.15. The maximum atomic E-state index is 10.6. The summed E-state index contributed by atoms with van der Waals surface area (Å²) in [5, 5.41) is 0.604. The van der Waals surface area contributed by atoms with Crippen molar-refractivity contribution >= 4 is 17.6 Å². The Morgan fingerprint density at radius 3 is 2.15 bits per heavy atom. The van der Waals surface area contributed by atoms with E-state index in [-0.39, 0.29) is 0 Å². The van der Waals surface area contributed by atoms with Gasteiger partial charge in [-0.1, -0.05) is 27.7 Å². The Labute approximate surface area is 83.0 Å². The first-order valence-electron chi connectivity index (χ1n) is 4.52. The second kappa shape index (κ2) is 4.01. The Balaban J connectivity index is 3.15. The Bertz CT molecular complexity index is 276. The highest BCUT2D eigenvalue weighted by Gasteiger charge is 2.15. The predicted octanol–water partition coefficient (Wildman–Crippen LogP) is 3.20. The molecule has 0 aliphatic rings. The molecule has 13 heavy (non-hydrogen) atoms. The summed E-state index contributed by atoms with van der Waals surface area (Å²) in [6.45, 7) is 8.48. The van der Waals surface area contributed by atoms with Crippen molar-refractivity contribution in [2.24, 2.45) is 0 Å². The first-order chi connectivity index (χ1) is 6.06.